The smallest absolute Gasteiger partial charge is 0.137 e. The van der Waals surface area contributed by atoms with Gasteiger partial charge in [-0.1, -0.05) is 60.1 Å². The van der Waals surface area contributed by atoms with Gasteiger partial charge in [0.15, 0.2) is 0 Å². The highest BCUT2D eigenvalue weighted by atomic mass is 35.5. The van der Waals surface area contributed by atoms with Crippen LogP contribution in [0.2, 0.25) is 5.02 Å². The van der Waals surface area contributed by atoms with E-state index in [-0.39, 0.29) is 0 Å². The maximum absolute atomic E-state index is 6.77. The Morgan fingerprint density at radius 1 is 0.500 bits per heavy atom. The Morgan fingerprint density at radius 3 is 2.18 bits per heavy atom. The molecule has 3 nitrogen and oxygen atoms in total. The summed E-state index contributed by atoms with van der Waals surface area (Å²) < 4.78 is 11.1. The van der Waals surface area contributed by atoms with Crippen LogP contribution in [-0.4, -0.2) is 8.80 Å². The summed E-state index contributed by atoms with van der Waals surface area (Å²) in [4.78, 5) is 0. The molecule has 34 heavy (non-hydrogen) atoms. The number of furan rings is 1. The van der Waals surface area contributed by atoms with Crippen molar-refractivity contribution >= 4 is 88.2 Å². The van der Waals surface area contributed by atoms with Gasteiger partial charge in [0.05, 0.1) is 38.5 Å². The number of halogens is 1. The summed E-state index contributed by atoms with van der Waals surface area (Å²) in [5, 5.41) is 7.86. The zero-order valence-corrected chi connectivity index (χ0v) is 18.6. The second-order valence-electron chi connectivity index (χ2n) is 9.12. The van der Waals surface area contributed by atoms with E-state index in [1.54, 1.807) is 0 Å². The third kappa shape index (κ3) is 1.82. The molecule has 0 radical (unpaired) electrons. The van der Waals surface area contributed by atoms with Gasteiger partial charge >= 0.3 is 0 Å². The van der Waals surface area contributed by atoms with E-state index < -0.39 is 0 Å². The average Bonchev–Trinajstić information content (AvgIpc) is 3.51. The van der Waals surface area contributed by atoms with E-state index in [4.69, 9.17) is 16.0 Å². The lowest BCUT2D eigenvalue weighted by Crippen LogP contribution is -1.97. The summed E-state index contributed by atoms with van der Waals surface area (Å²) in [5.41, 5.74) is 8.86. The Labute approximate surface area is 197 Å². The van der Waals surface area contributed by atoms with Gasteiger partial charge in [0.2, 0.25) is 0 Å². The van der Waals surface area contributed by atoms with Crippen molar-refractivity contribution in [2.24, 2.45) is 0 Å². The molecule has 0 fully saturated rings. The summed E-state index contributed by atoms with van der Waals surface area (Å²) in [6.45, 7) is 0. The molecule has 4 heteroatoms. The molecule has 0 spiro atoms. The summed E-state index contributed by atoms with van der Waals surface area (Å²) in [6, 6.07) is 32.0. The first-order chi connectivity index (χ1) is 16.8. The van der Waals surface area contributed by atoms with Crippen molar-refractivity contribution in [3.63, 3.8) is 0 Å². The van der Waals surface area contributed by atoms with Gasteiger partial charge in [0.25, 0.3) is 0 Å². The fourth-order valence-corrected chi connectivity index (χ4v) is 6.44. The maximum atomic E-state index is 6.77. The van der Waals surface area contributed by atoms with Crippen LogP contribution in [-0.2, 0) is 0 Å². The molecule has 0 amide bonds. The van der Waals surface area contributed by atoms with Crippen LogP contribution in [0.4, 0.5) is 0 Å². The van der Waals surface area contributed by atoms with Crippen molar-refractivity contribution in [2.45, 2.75) is 0 Å². The minimum absolute atomic E-state index is 0.740. The van der Waals surface area contributed by atoms with Gasteiger partial charge in [-0.05, 0) is 42.5 Å². The number of hydrogen-bond donors (Lipinski definition) is 0. The molecule has 0 aliphatic carbocycles. The molecule has 0 bridgehead atoms. The molecule has 0 aliphatic heterocycles. The van der Waals surface area contributed by atoms with Crippen LogP contribution in [0.3, 0.4) is 0 Å². The fraction of sp³-hybridized carbons (Fsp3) is 0. The van der Waals surface area contributed by atoms with Crippen LogP contribution >= 0.6 is 11.6 Å². The van der Waals surface area contributed by atoms with E-state index in [1.807, 2.05) is 12.1 Å². The minimum Gasteiger partial charge on any atom is -0.456 e. The van der Waals surface area contributed by atoms with Gasteiger partial charge in [-0.3, -0.25) is 0 Å². The zero-order chi connectivity index (χ0) is 22.1. The number of para-hydroxylation sites is 3. The average molecular weight is 455 g/mol. The molecule has 5 aromatic carbocycles. The molecule has 9 aromatic rings. The van der Waals surface area contributed by atoms with Crippen molar-refractivity contribution in [3.8, 4) is 0 Å². The summed E-state index contributed by atoms with van der Waals surface area (Å²) in [5.74, 6) is 0. The lowest BCUT2D eigenvalue weighted by molar-refractivity contribution is 0.669. The highest BCUT2D eigenvalue weighted by Gasteiger charge is 2.23. The largest absolute Gasteiger partial charge is 0.456 e. The fourth-order valence-electron chi connectivity index (χ4n) is 6.23. The SMILES string of the molecule is Clc1cc2c3ccc4oc5ccccc5c4c3n3c4cccc5c6ccccc6n(c(c1)c23)c54. The van der Waals surface area contributed by atoms with Crippen molar-refractivity contribution < 1.29 is 4.42 Å². The molecule has 9 rings (SSSR count). The molecule has 158 valence electrons. The van der Waals surface area contributed by atoms with Crippen molar-refractivity contribution in [1.29, 1.82) is 0 Å². The number of nitrogens with zero attached hydrogens (tertiary/aromatic N) is 2. The summed E-state index contributed by atoms with van der Waals surface area (Å²) in [7, 11) is 0. The Kier molecular flexibility index (Phi) is 2.87. The summed E-state index contributed by atoms with van der Waals surface area (Å²) >= 11 is 6.77. The quantitative estimate of drug-likeness (QED) is 0.210. The molecule has 4 aromatic heterocycles. The monoisotopic (exact) mass is 454 g/mol. The molecule has 0 aliphatic rings. The number of hydrogen-bond acceptors (Lipinski definition) is 1. The van der Waals surface area contributed by atoms with Crippen LogP contribution in [0.1, 0.15) is 0 Å². The lowest BCUT2D eigenvalue weighted by atomic mass is 10.1. The normalized spacial score (nSPS) is 12.9. The first-order valence-electron chi connectivity index (χ1n) is 11.4. The van der Waals surface area contributed by atoms with E-state index in [0.717, 1.165) is 37.9 Å². The van der Waals surface area contributed by atoms with Gasteiger partial charge in [-0.2, -0.15) is 0 Å². The Balaban J connectivity index is 1.74. The second-order valence-corrected chi connectivity index (χ2v) is 9.55. The van der Waals surface area contributed by atoms with Gasteiger partial charge < -0.3 is 13.2 Å². The first-order valence-corrected chi connectivity index (χ1v) is 11.8. The molecular formula is C30H15ClN2O. The van der Waals surface area contributed by atoms with Gasteiger partial charge in [-0.25, -0.2) is 0 Å². The molecule has 0 unspecified atom stereocenters. The summed E-state index contributed by atoms with van der Waals surface area (Å²) in [6.07, 6.45) is 0. The molecule has 0 saturated heterocycles. The van der Waals surface area contributed by atoms with Crippen LogP contribution in [0.5, 0.6) is 0 Å². The third-order valence-electron chi connectivity index (χ3n) is 7.46. The molecular weight excluding hydrogens is 440 g/mol. The van der Waals surface area contributed by atoms with Gasteiger partial charge in [0.1, 0.15) is 11.2 Å². The van der Waals surface area contributed by atoms with Crippen molar-refractivity contribution in [1.82, 2.24) is 8.80 Å². The molecule has 4 heterocycles. The van der Waals surface area contributed by atoms with Gasteiger partial charge in [0, 0.05) is 32.0 Å². The van der Waals surface area contributed by atoms with E-state index >= 15 is 0 Å². The Bertz CT molecular complexity index is 2300. The predicted molar refractivity (Wildman–Crippen MR) is 142 cm³/mol. The molecule has 0 saturated carbocycles. The van der Waals surface area contributed by atoms with Crippen LogP contribution in [0.25, 0.3) is 76.6 Å². The molecule has 0 atom stereocenters. The lowest BCUT2D eigenvalue weighted by Gasteiger charge is -2.12. The number of aromatic nitrogens is 2. The molecule has 0 N–H and O–H groups in total. The maximum Gasteiger partial charge on any atom is 0.137 e. The van der Waals surface area contributed by atoms with Crippen molar-refractivity contribution in [3.05, 3.63) is 96.0 Å². The topological polar surface area (TPSA) is 22.0 Å². The first kappa shape index (κ1) is 17.3. The predicted octanol–water partition coefficient (Wildman–Crippen LogP) is 8.80. The van der Waals surface area contributed by atoms with Crippen molar-refractivity contribution in [2.75, 3.05) is 0 Å². The van der Waals surface area contributed by atoms with Crippen LogP contribution in [0, 0.1) is 0 Å². The number of benzene rings is 5. The Morgan fingerprint density at radius 2 is 1.24 bits per heavy atom. The number of fused-ring (bicyclic) bond motifs is 12. The Hall–Kier alpha value is -4.21. The highest BCUT2D eigenvalue weighted by molar-refractivity contribution is 6.35. The van der Waals surface area contributed by atoms with E-state index in [0.29, 0.717) is 0 Å². The van der Waals surface area contributed by atoms with E-state index in [1.165, 1.54) is 43.7 Å². The van der Waals surface area contributed by atoms with Crippen LogP contribution in [0.15, 0.2) is 95.4 Å². The standard InChI is InChI=1S/C30H15ClN2O/c31-16-14-21-19-12-13-26-27(20-7-2-4-11-25(20)34-26)30(19)33-23-10-5-8-18-17-6-1-3-9-22(17)32(28(18)23)24(15-16)29(21)33/h1-15H. The second kappa shape index (κ2) is 5.64. The third-order valence-corrected chi connectivity index (χ3v) is 7.68. The zero-order valence-electron chi connectivity index (χ0n) is 17.8. The van der Waals surface area contributed by atoms with Gasteiger partial charge in [-0.15, -0.1) is 0 Å². The van der Waals surface area contributed by atoms with E-state index in [2.05, 4.69) is 87.7 Å². The van der Waals surface area contributed by atoms with E-state index in [9.17, 15) is 0 Å². The van der Waals surface area contributed by atoms with Crippen LogP contribution < -0.4 is 0 Å². The minimum atomic E-state index is 0.740. The number of rotatable bonds is 0. The highest BCUT2D eigenvalue weighted by Crippen LogP contribution is 2.44.